The molecule has 1 unspecified atom stereocenters. The monoisotopic (exact) mass is 339 g/mol. The Bertz CT molecular complexity index is 736. The molecular weight excluding hydrogens is 314 g/mol. The fraction of sp³-hybridized carbons (Fsp3) is 0.500. The third-order valence-corrected chi connectivity index (χ3v) is 5.12. The Morgan fingerprint density at radius 1 is 1.24 bits per heavy atom. The summed E-state index contributed by atoms with van der Waals surface area (Å²) in [7, 11) is 0. The number of benzene rings is 1. The molecule has 0 bridgehead atoms. The van der Waals surface area contributed by atoms with Crippen molar-refractivity contribution >= 4 is 5.91 Å². The molecule has 1 N–H and O–H groups in total. The Hall–Kier alpha value is -2.30. The molecule has 1 aliphatic carbocycles. The highest BCUT2D eigenvalue weighted by Crippen LogP contribution is 2.39. The molecule has 25 heavy (non-hydrogen) atoms. The molecule has 0 saturated heterocycles. The molecule has 2 aliphatic rings. The zero-order valence-corrected chi connectivity index (χ0v) is 14.5. The smallest absolute Gasteiger partial charge is 0.223 e. The van der Waals surface area contributed by atoms with Crippen molar-refractivity contribution in [1.29, 1.82) is 0 Å². The Morgan fingerprint density at radius 3 is 3.00 bits per heavy atom. The highest BCUT2D eigenvalue weighted by atomic mass is 16.5. The van der Waals surface area contributed by atoms with E-state index in [-0.39, 0.29) is 11.8 Å². The number of carbonyl (C=O) groups is 1. The first-order valence-electron chi connectivity index (χ1n) is 9.31. The van der Waals surface area contributed by atoms with Crippen molar-refractivity contribution in [3.63, 3.8) is 0 Å². The summed E-state index contributed by atoms with van der Waals surface area (Å²) >= 11 is 0. The van der Waals surface area contributed by atoms with Gasteiger partial charge in [0.1, 0.15) is 5.75 Å². The average molecular weight is 339 g/mol. The Balaban J connectivity index is 1.25. The SMILES string of the molecule is O=C(NCCCn1nccc1C1CC1)C1CCOc2ccccc2C1. The van der Waals surface area contributed by atoms with Gasteiger partial charge in [0.2, 0.25) is 5.91 Å². The first kappa shape index (κ1) is 16.2. The van der Waals surface area contributed by atoms with Gasteiger partial charge in [-0.15, -0.1) is 0 Å². The van der Waals surface area contributed by atoms with E-state index >= 15 is 0 Å². The van der Waals surface area contributed by atoms with Crippen LogP contribution in [-0.2, 0) is 17.8 Å². The summed E-state index contributed by atoms with van der Waals surface area (Å²) in [5.41, 5.74) is 2.48. The number of fused-ring (bicyclic) bond motifs is 1. The molecule has 132 valence electrons. The van der Waals surface area contributed by atoms with Crippen LogP contribution in [-0.4, -0.2) is 28.8 Å². The number of ether oxygens (including phenoxy) is 1. The van der Waals surface area contributed by atoms with Gasteiger partial charge in [0.15, 0.2) is 0 Å². The van der Waals surface area contributed by atoms with Gasteiger partial charge >= 0.3 is 0 Å². The number of rotatable bonds is 6. The predicted molar refractivity (Wildman–Crippen MR) is 95.6 cm³/mol. The predicted octanol–water partition coefficient (Wildman–Crippen LogP) is 2.91. The molecule has 1 aromatic carbocycles. The van der Waals surface area contributed by atoms with E-state index in [1.807, 2.05) is 24.4 Å². The number of amides is 1. The molecule has 1 aliphatic heterocycles. The van der Waals surface area contributed by atoms with Crippen molar-refractivity contribution in [2.75, 3.05) is 13.2 Å². The maximum absolute atomic E-state index is 12.5. The van der Waals surface area contributed by atoms with Gasteiger partial charge in [0, 0.05) is 36.8 Å². The number of nitrogens with one attached hydrogen (secondary N) is 1. The molecule has 1 aromatic heterocycles. The molecule has 0 radical (unpaired) electrons. The van der Waals surface area contributed by atoms with Crippen molar-refractivity contribution in [1.82, 2.24) is 15.1 Å². The van der Waals surface area contributed by atoms with Crippen LogP contribution in [0.25, 0.3) is 0 Å². The zero-order valence-electron chi connectivity index (χ0n) is 14.5. The minimum absolute atomic E-state index is 0.00428. The van der Waals surface area contributed by atoms with Crippen LogP contribution in [0, 0.1) is 5.92 Å². The van der Waals surface area contributed by atoms with Gasteiger partial charge in [-0.2, -0.15) is 5.10 Å². The number of carbonyl (C=O) groups excluding carboxylic acids is 1. The second-order valence-corrected chi connectivity index (χ2v) is 7.04. The van der Waals surface area contributed by atoms with Crippen LogP contribution in [0.5, 0.6) is 5.75 Å². The Labute approximate surface area is 148 Å². The highest BCUT2D eigenvalue weighted by molar-refractivity contribution is 5.79. The van der Waals surface area contributed by atoms with Gasteiger partial charge < -0.3 is 10.1 Å². The molecule has 0 spiro atoms. The summed E-state index contributed by atoms with van der Waals surface area (Å²) in [6.07, 6.45) is 6.89. The molecule has 4 rings (SSSR count). The van der Waals surface area contributed by atoms with E-state index in [0.29, 0.717) is 19.1 Å². The van der Waals surface area contributed by atoms with E-state index in [0.717, 1.165) is 37.1 Å². The molecule has 5 heteroatoms. The molecule has 1 amide bonds. The van der Waals surface area contributed by atoms with Crippen molar-refractivity contribution in [2.24, 2.45) is 5.92 Å². The first-order valence-corrected chi connectivity index (χ1v) is 9.31. The lowest BCUT2D eigenvalue weighted by Crippen LogP contribution is -2.33. The van der Waals surface area contributed by atoms with Crippen LogP contribution in [0.4, 0.5) is 0 Å². The highest BCUT2D eigenvalue weighted by Gasteiger charge is 2.27. The van der Waals surface area contributed by atoms with Gasteiger partial charge in [0.25, 0.3) is 0 Å². The lowest BCUT2D eigenvalue weighted by Gasteiger charge is -2.14. The van der Waals surface area contributed by atoms with Crippen molar-refractivity contribution in [3.05, 3.63) is 47.8 Å². The topological polar surface area (TPSA) is 56.2 Å². The van der Waals surface area contributed by atoms with E-state index in [4.69, 9.17) is 4.74 Å². The van der Waals surface area contributed by atoms with Gasteiger partial charge in [-0.1, -0.05) is 18.2 Å². The summed E-state index contributed by atoms with van der Waals surface area (Å²) in [4.78, 5) is 12.5. The minimum Gasteiger partial charge on any atom is -0.493 e. The van der Waals surface area contributed by atoms with E-state index in [2.05, 4.69) is 27.2 Å². The third-order valence-electron chi connectivity index (χ3n) is 5.12. The number of para-hydroxylation sites is 1. The van der Waals surface area contributed by atoms with Crippen LogP contribution in [0.1, 0.15) is 42.9 Å². The largest absolute Gasteiger partial charge is 0.493 e. The fourth-order valence-corrected chi connectivity index (χ4v) is 3.56. The average Bonchev–Trinajstić information content (AvgIpc) is 3.41. The second-order valence-electron chi connectivity index (χ2n) is 7.04. The minimum atomic E-state index is -0.00428. The third kappa shape index (κ3) is 3.86. The fourth-order valence-electron chi connectivity index (χ4n) is 3.56. The van der Waals surface area contributed by atoms with Crippen molar-refractivity contribution < 1.29 is 9.53 Å². The normalized spacial score (nSPS) is 19.6. The maximum atomic E-state index is 12.5. The van der Waals surface area contributed by atoms with E-state index in [1.165, 1.54) is 18.5 Å². The number of hydrogen-bond donors (Lipinski definition) is 1. The molecule has 2 heterocycles. The quantitative estimate of drug-likeness (QED) is 0.823. The summed E-state index contributed by atoms with van der Waals surface area (Å²) in [6, 6.07) is 10.1. The van der Waals surface area contributed by atoms with Gasteiger partial charge in [-0.3, -0.25) is 9.48 Å². The van der Waals surface area contributed by atoms with Crippen LogP contribution < -0.4 is 10.1 Å². The summed E-state index contributed by atoms with van der Waals surface area (Å²) in [6.45, 7) is 2.17. The molecule has 1 atom stereocenters. The van der Waals surface area contributed by atoms with Crippen LogP contribution >= 0.6 is 0 Å². The van der Waals surface area contributed by atoms with Crippen molar-refractivity contribution in [2.45, 2.75) is 44.6 Å². The summed E-state index contributed by atoms with van der Waals surface area (Å²) < 4.78 is 7.85. The van der Waals surface area contributed by atoms with Crippen LogP contribution in [0.3, 0.4) is 0 Å². The Morgan fingerprint density at radius 2 is 2.12 bits per heavy atom. The lowest BCUT2D eigenvalue weighted by atomic mass is 9.96. The molecule has 1 fully saturated rings. The van der Waals surface area contributed by atoms with Crippen molar-refractivity contribution in [3.8, 4) is 5.75 Å². The number of aryl methyl sites for hydroxylation is 1. The summed E-state index contributed by atoms with van der Waals surface area (Å²) in [5, 5.41) is 7.51. The van der Waals surface area contributed by atoms with E-state index in [1.54, 1.807) is 0 Å². The first-order chi connectivity index (χ1) is 12.3. The number of nitrogens with zero attached hydrogens (tertiary/aromatic N) is 2. The number of hydrogen-bond acceptors (Lipinski definition) is 3. The van der Waals surface area contributed by atoms with Gasteiger partial charge in [-0.05, 0) is 49.8 Å². The summed E-state index contributed by atoms with van der Waals surface area (Å²) in [5.74, 6) is 1.77. The molecule has 5 nitrogen and oxygen atoms in total. The maximum Gasteiger partial charge on any atom is 0.223 e. The van der Waals surface area contributed by atoms with E-state index in [9.17, 15) is 4.79 Å². The van der Waals surface area contributed by atoms with Gasteiger partial charge in [0.05, 0.1) is 6.61 Å². The zero-order chi connectivity index (χ0) is 17.1. The lowest BCUT2D eigenvalue weighted by molar-refractivity contribution is -0.125. The van der Waals surface area contributed by atoms with Gasteiger partial charge in [-0.25, -0.2) is 0 Å². The second kappa shape index (κ2) is 7.30. The Kier molecular flexibility index (Phi) is 4.72. The van der Waals surface area contributed by atoms with Crippen LogP contribution in [0.2, 0.25) is 0 Å². The molecule has 2 aromatic rings. The molecular formula is C20H25N3O2. The number of aromatic nitrogens is 2. The molecule has 1 saturated carbocycles. The van der Waals surface area contributed by atoms with Crippen LogP contribution in [0.15, 0.2) is 36.5 Å². The standard InChI is InChI=1S/C20H25N3O2/c24-20(17-9-13-25-19-5-2-1-4-16(19)14-17)21-10-3-12-23-18(8-11-22-23)15-6-7-15/h1-2,4-5,8,11,15,17H,3,6-7,9-10,12-14H2,(H,21,24). The van der Waals surface area contributed by atoms with E-state index < -0.39 is 0 Å².